The van der Waals surface area contributed by atoms with Crippen molar-refractivity contribution in [1.29, 1.82) is 0 Å². The first-order valence-electron chi connectivity index (χ1n) is 6.22. The fourth-order valence-electron chi connectivity index (χ4n) is 2.04. The Morgan fingerprint density at radius 2 is 1.89 bits per heavy atom. The van der Waals surface area contributed by atoms with Gasteiger partial charge >= 0.3 is 0 Å². The number of rotatable bonds is 4. The number of halogens is 3. The Labute approximate surface area is 118 Å². The SMILES string of the molecule is CCCCCn1cc(F)c2cc(Br)c(F)cc2c1=O. The predicted molar refractivity (Wildman–Crippen MR) is 75.3 cm³/mol. The molecule has 0 saturated carbocycles. The van der Waals surface area contributed by atoms with Gasteiger partial charge in [0.1, 0.15) is 11.6 Å². The number of fused-ring (bicyclic) bond motifs is 1. The van der Waals surface area contributed by atoms with Gasteiger partial charge in [-0.2, -0.15) is 0 Å². The number of benzene rings is 1. The molecule has 0 aliphatic carbocycles. The summed E-state index contributed by atoms with van der Waals surface area (Å²) in [5.74, 6) is -1.07. The minimum atomic E-state index is -0.560. The molecular formula is C14H14BrF2NO. The van der Waals surface area contributed by atoms with E-state index >= 15 is 0 Å². The number of hydrogen-bond donors (Lipinski definition) is 0. The molecule has 1 heterocycles. The van der Waals surface area contributed by atoms with Crippen LogP contribution < -0.4 is 5.56 Å². The topological polar surface area (TPSA) is 22.0 Å². The quantitative estimate of drug-likeness (QED) is 0.769. The van der Waals surface area contributed by atoms with Gasteiger partial charge < -0.3 is 4.57 Å². The van der Waals surface area contributed by atoms with E-state index in [0.29, 0.717) is 6.54 Å². The summed E-state index contributed by atoms with van der Waals surface area (Å²) in [4.78, 5) is 12.2. The highest BCUT2D eigenvalue weighted by Crippen LogP contribution is 2.23. The van der Waals surface area contributed by atoms with E-state index in [2.05, 4.69) is 22.9 Å². The first kappa shape index (κ1) is 14.2. The van der Waals surface area contributed by atoms with Crippen molar-refractivity contribution in [2.24, 2.45) is 0 Å². The molecule has 1 aromatic carbocycles. The van der Waals surface area contributed by atoms with Crippen molar-refractivity contribution in [2.45, 2.75) is 32.7 Å². The molecule has 0 saturated heterocycles. The molecule has 19 heavy (non-hydrogen) atoms. The molecule has 0 bridgehead atoms. The number of nitrogens with zero attached hydrogens (tertiary/aromatic N) is 1. The summed E-state index contributed by atoms with van der Waals surface area (Å²) >= 11 is 2.99. The van der Waals surface area contributed by atoms with Gasteiger partial charge in [-0.3, -0.25) is 4.79 Å². The summed E-state index contributed by atoms with van der Waals surface area (Å²) in [6, 6.07) is 2.39. The lowest BCUT2D eigenvalue weighted by atomic mass is 10.1. The van der Waals surface area contributed by atoms with Crippen LogP contribution in [-0.2, 0) is 6.54 Å². The molecule has 0 spiro atoms. The molecule has 0 fully saturated rings. The molecule has 0 radical (unpaired) electrons. The smallest absolute Gasteiger partial charge is 0.258 e. The summed E-state index contributed by atoms with van der Waals surface area (Å²) < 4.78 is 28.9. The third-order valence-corrected chi connectivity index (χ3v) is 3.69. The molecule has 0 aliphatic heterocycles. The van der Waals surface area contributed by atoms with E-state index < -0.39 is 11.6 Å². The van der Waals surface area contributed by atoms with E-state index in [1.807, 2.05) is 0 Å². The monoisotopic (exact) mass is 329 g/mol. The van der Waals surface area contributed by atoms with Gasteiger partial charge in [-0.05, 0) is 34.5 Å². The zero-order valence-electron chi connectivity index (χ0n) is 10.5. The van der Waals surface area contributed by atoms with E-state index in [1.54, 1.807) is 0 Å². The largest absolute Gasteiger partial charge is 0.312 e. The van der Waals surface area contributed by atoms with E-state index in [4.69, 9.17) is 0 Å². The minimum Gasteiger partial charge on any atom is -0.312 e. The minimum absolute atomic E-state index is 0.0807. The summed E-state index contributed by atoms with van der Waals surface area (Å²) in [5, 5.41) is 0.224. The molecule has 0 atom stereocenters. The normalized spacial score (nSPS) is 11.2. The lowest BCUT2D eigenvalue weighted by molar-refractivity contribution is 0.558. The van der Waals surface area contributed by atoms with E-state index in [-0.39, 0.29) is 20.8 Å². The molecule has 0 unspecified atom stereocenters. The molecule has 102 valence electrons. The lowest BCUT2D eigenvalue weighted by Gasteiger charge is -2.08. The molecule has 2 aromatic rings. The van der Waals surface area contributed by atoms with Crippen LogP contribution in [0, 0.1) is 11.6 Å². The third-order valence-electron chi connectivity index (χ3n) is 3.08. The van der Waals surface area contributed by atoms with Crippen molar-refractivity contribution in [3.8, 4) is 0 Å². The number of pyridine rings is 1. The molecule has 0 amide bonds. The van der Waals surface area contributed by atoms with Crippen LogP contribution in [0.2, 0.25) is 0 Å². The Bertz CT molecular complexity index is 667. The highest BCUT2D eigenvalue weighted by Gasteiger charge is 2.12. The van der Waals surface area contributed by atoms with Crippen LogP contribution in [0.5, 0.6) is 0 Å². The molecule has 1 aromatic heterocycles. The van der Waals surface area contributed by atoms with E-state index in [1.165, 1.54) is 16.8 Å². The van der Waals surface area contributed by atoms with Gasteiger partial charge in [-0.25, -0.2) is 8.78 Å². The zero-order chi connectivity index (χ0) is 14.0. The van der Waals surface area contributed by atoms with Crippen molar-refractivity contribution < 1.29 is 8.78 Å². The van der Waals surface area contributed by atoms with Crippen molar-refractivity contribution in [3.63, 3.8) is 0 Å². The van der Waals surface area contributed by atoms with Crippen LogP contribution in [0.1, 0.15) is 26.2 Å². The van der Waals surface area contributed by atoms with Gasteiger partial charge in [-0.15, -0.1) is 0 Å². The van der Waals surface area contributed by atoms with E-state index in [0.717, 1.165) is 25.3 Å². The second-order valence-electron chi connectivity index (χ2n) is 4.49. The maximum atomic E-state index is 13.9. The first-order chi connectivity index (χ1) is 9.04. The van der Waals surface area contributed by atoms with Crippen LogP contribution in [0.3, 0.4) is 0 Å². The fourth-order valence-corrected chi connectivity index (χ4v) is 2.38. The molecule has 2 rings (SSSR count). The summed E-state index contributed by atoms with van der Waals surface area (Å²) in [6.07, 6.45) is 4.00. The molecule has 5 heteroatoms. The van der Waals surface area contributed by atoms with Crippen molar-refractivity contribution in [3.05, 3.63) is 44.8 Å². The Kier molecular flexibility index (Phi) is 4.34. The van der Waals surface area contributed by atoms with Crippen molar-refractivity contribution in [1.82, 2.24) is 4.57 Å². The van der Waals surface area contributed by atoms with E-state index in [9.17, 15) is 13.6 Å². The Morgan fingerprint density at radius 1 is 1.16 bits per heavy atom. The van der Waals surface area contributed by atoms with Gasteiger partial charge in [0.2, 0.25) is 0 Å². The Hall–Kier alpha value is -1.23. The highest BCUT2D eigenvalue weighted by molar-refractivity contribution is 9.10. The van der Waals surface area contributed by atoms with Crippen molar-refractivity contribution >= 4 is 26.7 Å². The summed E-state index contributed by atoms with van der Waals surface area (Å²) in [6.45, 7) is 2.51. The van der Waals surface area contributed by atoms with Crippen LogP contribution in [0.15, 0.2) is 27.6 Å². The van der Waals surface area contributed by atoms with Crippen LogP contribution in [0.4, 0.5) is 8.78 Å². The molecule has 0 N–H and O–H groups in total. The van der Waals surface area contributed by atoms with Gasteiger partial charge in [0.05, 0.1) is 9.86 Å². The van der Waals surface area contributed by atoms with Crippen molar-refractivity contribution in [2.75, 3.05) is 0 Å². The van der Waals surface area contributed by atoms with Gasteiger partial charge in [0, 0.05) is 18.1 Å². The summed E-state index contributed by atoms with van der Waals surface area (Å²) in [5.41, 5.74) is -0.348. The van der Waals surface area contributed by atoms with Crippen LogP contribution >= 0.6 is 15.9 Å². The highest BCUT2D eigenvalue weighted by atomic mass is 79.9. The molecular weight excluding hydrogens is 316 g/mol. The zero-order valence-corrected chi connectivity index (χ0v) is 12.1. The fraction of sp³-hybridized carbons (Fsp3) is 0.357. The number of unbranched alkanes of at least 4 members (excludes halogenated alkanes) is 2. The molecule has 2 nitrogen and oxygen atoms in total. The average molecular weight is 330 g/mol. The second-order valence-corrected chi connectivity index (χ2v) is 5.35. The van der Waals surface area contributed by atoms with Crippen LogP contribution in [-0.4, -0.2) is 4.57 Å². The average Bonchev–Trinajstić information content (AvgIpc) is 2.38. The lowest BCUT2D eigenvalue weighted by Crippen LogP contribution is -2.21. The second kappa shape index (κ2) is 5.82. The maximum absolute atomic E-state index is 13.9. The molecule has 0 aliphatic rings. The Morgan fingerprint density at radius 3 is 2.58 bits per heavy atom. The maximum Gasteiger partial charge on any atom is 0.258 e. The van der Waals surface area contributed by atoms with Crippen LogP contribution in [0.25, 0.3) is 10.8 Å². The number of aromatic nitrogens is 1. The Balaban J connectivity index is 2.55. The third kappa shape index (κ3) is 2.86. The number of aryl methyl sites for hydroxylation is 1. The van der Waals surface area contributed by atoms with Gasteiger partial charge in [0.25, 0.3) is 5.56 Å². The van der Waals surface area contributed by atoms with Gasteiger partial charge in [0.15, 0.2) is 0 Å². The first-order valence-corrected chi connectivity index (χ1v) is 7.01. The standard InChI is InChI=1S/C14H14BrF2NO/c1-2-3-4-5-18-8-13(17)9-6-11(15)12(16)7-10(9)14(18)19/h6-8H,2-5H2,1H3. The number of hydrogen-bond acceptors (Lipinski definition) is 1. The van der Waals surface area contributed by atoms with Gasteiger partial charge in [-0.1, -0.05) is 19.8 Å². The predicted octanol–water partition coefficient (Wildman–Crippen LogP) is 4.23. The summed E-state index contributed by atoms with van der Waals surface area (Å²) in [7, 11) is 0.